The summed E-state index contributed by atoms with van der Waals surface area (Å²) in [5, 5.41) is 6.94. The van der Waals surface area contributed by atoms with E-state index in [4.69, 9.17) is 11.6 Å². The first-order chi connectivity index (χ1) is 13.8. The van der Waals surface area contributed by atoms with Crippen LogP contribution in [-0.2, 0) is 19.0 Å². The molecule has 2 aromatic heterocycles. The summed E-state index contributed by atoms with van der Waals surface area (Å²) in [5.41, 5.74) is 0.885. The summed E-state index contributed by atoms with van der Waals surface area (Å²) in [5.74, 6) is -0.0377. The zero-order valence-corrected chi connectivity index (χ0v) is 15.9. The van der Waals surface area contributed by atoms with Crippen LogP contribution in [-0.4, -0.2) is 20.7 Å². The largest absolute Gasteiger partial charge is 0.435 e. The van der Waals surface area contributed by atoms with Crippen molar-refractivity contribution in [3.63, 3.8) is 0 Å². The number of hydrogen-bond acceptors (Lipinski definition) is 3. The van der Waals surface area contributed by atoms with Gasteiger partial charge in [-0.2, -0.15) is 18.3 Å². The van der Waals surface area contributed by atoms with Gasteiger partial charge in [0.05, 0.1) is 10.7 Å². The van der Waals surface area contributed by atoms with Crippen LogP contribution in [0.3, 0.4) is 0 Å². The molecule has 1 aromatic carbocycles. The molecule has 150 valence electrons. The van der Waals surface area contributed by atoms with Gasteiger partial charge in [0.15, 0.2) is 5.69 Å². The van der Waals surface area contributed by atoms with E-state index in [9.17, 15) is 18.0 Å². The number of rotatable bonds is 3. The maximum Gasteiger partial charge on any atom is 0.435 e. The fourth-order valence-electron chi connectivity index (χ4n) is 3.43. The van der Waals surface area contributed by atoms with Gasteiger partial charge < -0.3 is 5.32 Å². The summed E-state index contributed by atoms with van der Waals surface area (Å²) in [7, 11) is 0. The standard InChI is InChI=1S/C20H16ClF3N4O/c21-13-7-10-17(25-11-13)26-19(29)12-5-8-14(9-6-12)28-16-4-2-1-3-15(16)18(27-28)20(22,23)24/h5-11H,1-4H2,(H,25,26,29). The molecule has 1 aliphatic rings. The first-order valence-corrected chi connectivity index (χ1v) is 9.42. The highest BCUT2D eigenvalue weighted by molar-refractivity contribution is 6.30. The number of pyridine rings is 1. The van der Waals surface area contributed by atoms with Crippen molar-refractivity contribution in [3.8, 4) is 5.69 Å². The van der Waals surface area contributed by atoms with E-state index in [2.05, 4.69) is 15.4 Å². The average Bonchev–Trinajstić information content (AvgIpc) is 3.10. The quantitative estimate of drug-likeness (QED) is 0.643. The van der Waals surface area contributed by atoms with E-state index >= 15 is 0 Å². The number of carbonyl (C=O) groups is 1. The van der Waals surface area contributed by atoms with Gasteiger partial charge in [-0.3, -0.25) is 4.79 Å². The minimum absolute atomic E-state index is 0.277. The number of carbonyl (C=O) groups excluding carboxylic acids is 1. The topological polar surface area (TPSA) is 59.8 Å². The molecule has 9 heteroatoms. The number of fused-ring (bicyclic) bond motifs is 1. The molecule has 0 saturated heterocycles. The molecular formula is C20H16ClF3N4O. The summed E-state index contributed by atoms with van der Waals surface area (Å²) >= 11 is 5.77. The lowest BCUT2D eigenvalue weighted by Gasteiger charge is -2.15. The lowest BCUT2D eigenvalue weighted by molar-refractivity contribution is -0.142. The van der Waals surface area contributed by atoms with Crippen LogP contribution in [0, 0.1) is 0 Å². The van der Waals surface area contributed by atoms with Crippen molar-refractivity contribution in [1.82, 2.24) is 14.8 Å². The Balaban J connectivity index is 1.60. The Bertz CT molecular complexity index is 1040. The number of hydrogen-bond donors (Lipinski definition) is 1. The summed E-state index contributed by atoms with van der Waals surface area (Å²) in [6.45, 7) is 0. The second-order valence-electron chi connectivity index (χ2n) is 6.75. The van der Waals surface area contributed by atoms with Gasteiger partial charge in [-0.1, -0.05) is 11.6 Å². The fraction of sp³-hybridized carbons (Fsp3) is 0.250. The number of alkyl halides is 3. The van der Waals surface area contributed by atoms with Gasteiger partial charge in [-0.05, 0) is 62.1 Å². The highest BCUT2D eigenvalue weighted by atomic mass is 35.5. The van der Waals surface area contributed by atoms with Crippen LogP contribution < -0.4 is 5.32 Å². The summed E-state index contributed by atoms with van der Waals surface area (Å²) < 4.78 is 41.4. The summed E-state index contributed by atoms with van der Waals surface area (Å²) in [6.07, 6.45) is -0.608. The number of nitrogens with zero attached hydrogens (tertiary/aromatic N) is 3. The van der Waals surface area contributed by atoms with E-state index in [0.717, 1.165) is 12.8 Å². The van der Waals surface area contributed by atoms with Gasteiger partial charge in [-0.15, -0.1) is 0 Å². The SMILES string of the molecule is O=C(Nc1ccc(Cl)cn1)c1ccc(-n2nc(C(F)(F)F)c3c2CCCC3)cc1. The van der Waals surface area contributed by atoms with Crippen molar-refractivity contribution in [2.75, 3.05) is 5.32 Å². The van der Waals surface area contributed by atoms with E-state index in [0.29, 0.717) is 40.6 Å². The van der Waals surface area contributed by atoms with Gasteiger partial charge in [0, 0.05) is 23.0 Å². The maximum atomic E-state index is 13.4. The van der Waals surface area contributed by atoms with Gasteiger partial charge in [0.25, 0.3) is 5.91 Å². The predicted molar refractivity (Wildman–Crippen MR) is 102 cm³/mol. The Morgan fingerprint density at radius 1 is 1.07 bits per heavy atom. The van der Waals surface area contributed by atoms with Crippen LogP contribution >= 0.6 is 11.6 Å². The molecule has 1 N–H and O–H groups in total. The molecule has 5 nitrogen and oxygen atoms in total. The second-order valence-corrected chi connectivity index (χ2v) is 7.19. The first kappa shape index (κ1) is 19.4. The summed E-state index contributed by atoms with van der Waals surface area (Å²) in [4.78, 5) is 16.4. The van der Waals surface area contributed by atoms with Gasteiger partial charge in [-0.25, -0.2) is 9.67 Å². The molecule has 1 amide bonds. The third kappa shape index (κ3) is 3.98. The van der Waals surface area contributed by atoms with Crippen LogP contribution in [0.25, 0.3) is 5.69 Å². The predicted octanol–water partition coefficient (Wildman–Crippen LogP) is 5.07. The van der Waals surface area contributed by atoms with Crippen molar-refractivity contribution in [1.29, 1.82) is 0 Å². The Morgan fingerprint density at radius 2 is 1.79 bits per heavy atom. The lowest BCUT2D eigenvalue weighted by Crippen LogP contribution is -2.13. The van der Waals surface area contributed by atoms with Crippen LogP contribution in [0.4, 0.5) is 19.0 Å². The van der Waals surface area contributed by atoms with Crippen LogP contribution in [0.1, 0.15) is 40.2 Å². The number of amides is 1. The van der Waals surface area contributed by atoms with Crippen LogP contribution in [0.15, 0.2) is 42.6 Å². The number of halogens is 4. The average molecular weight is 421 g/mol. The molecule has 4 rings (SSSR count). The number of anilines is 1. The molecule has 2 heterocycles. The maximum absolute atomic E-state index is 13.4. The molecule has 0 fully saturated rings. The highest BCUT2D eigenvalue weighted by Crippen LogP contribution is 2.36. The molecule has 0 atom stereocenters. The Morgan fingerprint density at radius 3 is 2.45 bits per heavy atom. The molecule has 1 aliphatic carbocycles. The third-order valence-electron chi connectivity index (χ3n) is 4.79. The van der Waals surface area contributed by atoms with E-state index in [-0.39, 0.29) is 11.5 Å². The first-order valence-electron chi connectivity index (χ1n) is 9.04. The van der Waals surface area contributed by atoms with E-state index in [1.807, 2.05) is 0 Å². The minimum Gasteiger partial charge on any atom is -0.307 e. The van der Waals surface area contributed by atoms with Gasteiger partial charge in [0.2, 0.25) is 0 Å². The molecule has 0 unspecified atom stereocenters. The molecule has 0 spiro atoms. The molecule has 0 saturated carbocycles. The van der Waals surface area contributed by atoms with Crippen LogP contribution in [0.5, 0.6) is 0 Å². The number of nitrogens with one attached hydrogen (secondary N) is 1. The van der Waals surface area contributed by atoms with Crippen molar-refractivity contribution in [3.05, 3.63) is 70.1 Å². The Kier molecular flexibility index (Phi) is 5.04. The van der Waals surface area contributed by atoms with E-state index < -0.39 is 11.9 Å². The van der Waals surface area contributed by atoms with Gasteiger partial charge in [0.1, 0.15) is 5.82 Å². The zero-order chi connectivity index (χ0) is 20.6. The van der Waals surface area contributed by atoms with Crippen molar-refractivity contribution in [2.45, 2.75) is 31.9 Å². The molecular weight excluding hydrogens is 405 g/mol. The Labute approximate surface area is 169 Å². The molecule has 0 aliphatic heterocycles. The van der Waals surface area contributed by atoms with Gasteiger partial charge >= 0.3 is 6.18 Å². The number of aromatic nitrogens is 3. The third-order valence-corrected chi connectivity index (χ3v) is 5.02. The minimum atomic E-state index is -4.49. The summed E-state index contributed by atoms with van der Waals surface area (Å²) in [6, 6.07) is 9.45. The monoisotopic (exact) mass is 420 g/mol. The van der Waals surface area contributed by atoms with Crippen molar-refractivity contribution >= 4 is 23.3 Å². The molecule has 3 aromatic rings. The van der Waals surface area contributed by atoms with Crippen LogP contribution in [0.2, 0.25) is 5.02 Å². The Hall–Kier alpha value is -2.87. The van der Waals surface area contributed by atoms with E-state index in [1.54, 1.807) is 36.4 Å². The van der Waals surface area contributed by atoms with Crippen molar-refractivity contribution < 1.29 is 18.0 Å². The molecule has 29 heavy (non-hydrogen) atoms. The lowest BCUT2D eigenvalue weighted by atomic mass is 9.95. The second kappa shape index (κ2) is 7.51. The smallest absolute Gasteiger partial charge is 0.307 e. The highest BCUT2D eigenvalue weighted by Gasteiger charge is 2.39. The van der Waals surface area contributed by atoms with E-state index in [1.165, 1.54) is 10.9 Å². The number of benzene rings is 1. The van der Waals surface area contributed by atoms with Crippen molar-refractivity contribution in [2.24, 2.45) is 0 Å². The zero-order valence-electron chi connectivity index (χ0n) is 15.1. The fourth-order valence-corrected chi connectivity index (χ4v) is 3.54. The normalized spacial score (nSPS) is 13.8. The molecule has 0 bridgehead atoms. The molecule has 0 radical (unpaired) electrons.